The smallest absolute Gasteiger partial charge is 0.297 e. The van der Waals surface area contributed by atoms with E-state index in [0.29, 0.717) is 6.61 Å². The third kappa shape index (κ3) is 2.59. The summed E-state index contributed by atoms with van der Waals surface area (Å²) in [5.41, 5.74) is 0. The van der Waals surface area contributed by atoms with Gasteiger partial charge in [-0.3, -0.25) is 4.18 Å². The minimum absolute atomic E-state index is 0.0632. The highest BCUT2D eigenvalue weighted by Gasteiger charge is 2.25. The van der Waals surface area contributed by atoms with Crippen LogP contribution in [0.2, 0.25) is 0 Å². The van der Waals surface area contributed by atoms with Crippen LogP contribution in [0.5, 0.6) is 0 Å². The summed E-state index contributed by atoms with van der Waals surface area (Å²) in [7, 11) is -3.92. The van der Waals surface area contributed by atoms with Crippen molar-refractivity contribution in [2.45, 2.75) is 6.10 Å². The number of hydrogen-bond donors (Lipinski definition) is 0. The topological polar surface area (TPSA) is 55.9 Å². The Bertz CT molecular complexity index is 195. The van der Waals surface area contributed by atoms with Crippen molar-refractivity contribution < 1.29 is 21.7 Å². The fourth-order valence-corrected chi connectivity index (χ4v) is 0.797. The van der Waals surface area contributed by atoms with Gasteiger partial charge in [0.1, 0.15) is 6.10 Å². The van der Waals surface area contributed by atoms with Gasteiger partial charge in [0.25, 0.3) is 10.1 Å². The molecule has 1 saturated heterocycles. The molecule has 1 atom stereocenters. The molecule has 0 N–H and O–H groups in total. The minimum Gasteiger partial charge on any atom is -0.371 e. The maximum atomic E-state index is 11.5. The van der Waals surface area contributed by atoms with Crippen molar-refractivity contribution in [3.05, 3.63) is 0 Å². The highest BCUT2D eigenvalue weighted by atomic mass is 32.2. The van der Waals surface area contributed by atoms with Crippen molar-refractivity contribution in [1.29, 1.82) is 0 Å². The maximum absolute atomic E-state index is 11.5. The molecule has 1 aliphatic heterocycles. The molecule has 60 valence electrons. The van der Waals surface area contributed by atoms with Crippen LogP contribution in [0.4, 0.5) is 4.39 Å². The SMILES string of the molecule is O=S(=O)(CF)OCC1CO1. The Morgan fingerprint density at radius 2 is 2.30 bits per heavy atom. The first kappa shape index (κ1) is 7.90. The van der Waals surface area contributed by atoms with E-state index in [2.05, 4.69) is 8.92 Å². The molecular formula is C4H7FO4S. The van der Waals surface area contributed by atoms with E-state index in [4.69, 9.17) is 0 Å². The lowest BCUT2D eigenvalue weighted by Crippen LogP contribution is -2.11. The molecule has 1 fully saturated rings. The van der Waals surface area contributed by atoms with Gasteiger partial charge in [0, 0.05) is 0 Å². The molecule has 0 spiro atoms. The van der Waals surface area contributed by atoms with Gasteiger partial charge in [0.05, 0.1) is 13.2 Å². The molecule has 1 unspecified atom stereocenters. The maximum Gasteiger partial charge on any atom is 0.297 e. The van der Waals surface area contributed by atoms with Crippen molar-refractivity contribution in [2.75, 3.05) is 19.2 Å². The number of halogens is 1. The summed E-state index contributed by atoms with van der Waals surface area (Å²) >= 11 is 0. The van der Waals surface area contributed by atoms with E-state index in [9.17, 15) is 12.8 Å². The van der Waals surface area contributed by atoms with Crippen molar-refractivity contribution in [3.8, 4) is 0 Å². The average Bonchev–Trinajstić information content (AvgIpc) is 2.66. The summed E-state index contributed by atoms with van der Waals surface area (Å²) < 4.78 is 40.9. The van der Waals surface area contributed by atoms with Crippen LogP contribution in [-0.4, -0.2) is 33.7 Å². The lowest BCUT2D eigenvalue weighted by Gasteiger charge is -1.96. The Balaban J connectivity index is 2.22. The van der Waals surface area contributed by atoms with Gasteiger partial charge in [-0.1, -0.05) is 0 Å². The van der Waals surface area contributed by atoms with E-state index in [1.54, 1.807) is 0 Å². The number of ether oxygens (including phenoxy) is 1. The van der Waals surface area contributed by atoms with Crippen molar-refractivity contribution >= 4 is 10.1 Å². The molecule has 0 radical (unpaired) electrons. The molecular weight excluding hydrogens is 163 g/mol. The Morgan fingerprint density at radius 1 is 1.70 bits per heavy atom. The first-order valence-corrected chi connectivity index (χ1v) is 4.26. The number of rotatable bonds is 4. The summed E-state index contributed by atoms with van der Waals surface area (Å²) in [6.45, 7) is 0.439. The summed E-state index contributed by atoms with van der Waals surface area (Å²) in [4.78, 5) is 0. The first-order chi connectivity index (χ1) is 4.64. The second-order valence-electron chi connectivity index (χ2n) is 1.91. The Labute approximate surface area is 58.1 Å². The van der Waals surface area contributed by atoms with E-state index in [1.165, 1.54) is 0 Å². The average molecular weight is 170 g/mol. The monoisotopic (exact) mass is 170 g/mol. The van der Waals surface area contributed by atoms with Gasteiger partial charge in [0.2, 0.25) is 6.01 Å². The molecule has 1 heterocycles. The normalized spacial score (nSPS) is 24.7. The van der Waals surface area contributed by atoms with Crippen LogP contribution < -0.4 is 0 Å². The summed E-state index contributed by atoms with van der Waals surface area (Å²) in [5, 5.41) is 0. The van der Waals surface area contributed by atoms with Crippen LogP contribution in [0.3, 0.4) is 0 Å². The Kier molecular flexibility index (Phi) is 2.22. The van der Waals surface area contributed by atoms with Gasteiger partial charge < -0.3 is 4.74 Å². The molecule has 0 bridgehead atoms. The number of epoxide rings is 1. The van der Waals surface area contributed by atoms with Gasteiger partial charge in [0.15, 0.2) is 0 Å². The fourth-order valence-electron chi connectivity index (χ4n) is 0.375. The molecule has 0 aliphatic carbocycles. The van der Waals surface area contributed by atoms with Gasteiger partial charge in [-0.05, 0) is 0 Å². The van der Waals surface area contributed by atoms with Crippen molar-refractivity contribution in [3.63, 3.8) is 0 Å². The quantitative estimate of drug-likeness (QED) is 0.428. The molecule has 6 heteroatoms. The molecule has 1 rings (SSSR count). The predicted molar refractivity (Wildman–Crippen MR) is 30.6 cm³/mol. The number of alkyl halides is 1. The molecule has 0 amide bonds. The molecule has 4 nitrogen and oxygen atoms in total. The van der Waals surface area contributed by atoms with Crippen molar-refractivity contribution in [2.24, 2.45) is 0 Å². The third-order valence-electron chi connectivity index (χ3n) is 0.969. The second kappa shape index (κ2) is 2.81. The summed E-state index contributed by atoms with van der Waals surface area (Å²) in [6.07, 6.45) is -0.152. The van der Waals surface area contributed by atoms with E-state index >= 15 is 0 Å². The number of hydrogen-bond acceptors (Lipinski definition) is 4. The van der Waals surface area contributed by atoms with Gasteiger partial charge in [-0.15, -0.1) is 0 Å². The third-order valence-corrected chi connectivity index (χ3v) is 1.73. The molecule has 0 aromatic rings. The minimum atomic E-state index is -3.92. The second-order valence-corrected chi connectivity index (χ2v) is 3.48. The van der Waals surface area contributed by atoms with Gasteiger partial charge in [-0.2, -0.15) is 8.42 Å². The zero-order chi connectivity index (χ0) is 7.61. The van der Waals surface area contributed by atoms with E-state index in [-0.39, 0.29) is 12.7 Å². The van der Waals surface area contributed by atoms with E-state index in [0.717, 1.165) is 0 Å². The van der Waals surface area contributed by atoms with Crippen LogP contribution in [0.25, 0.3) is 0 Å². The molecule has 0 aromatic carbocycles. The van der Waals surface area contributed by atoms with Crippen LogP contribution >= 0.6 is 0 Å². The molecule has 0 aromatic heterocycles. The lowest BCUT2D eigenvalue weighted by atomic mass is 10.5. The highest BCUT2D eigenvalue weighted by Crippen LogP contribution is 2.10. The molecule has 1 aliphatic rings. The summed E-state index contributed by atoms with van der Waals surface area (Å²) in [5.74, 6) is 0. The molecule has 0 saturated carbocycles. The zero-order valence-electron chi connectivity index (χ0n) is 5.12. The van der Waals surface area contributed by atoms with E-state index in [1.807, 2.05) is 0 Å². The Hall–Kier alpha value is -0.200. The predicted octanol–water partition coefficient (Wildman–Crippen LogP) is -0.341. The van der Waals surface area contributed by atoms with Crippen LogP contribution in [0.15, 0.2) is 0 Å². The van der Waals surface area contributed by atoms with Crippen LogP contribution in [0.1, 0.15) is 0 Å². The zero-order valence-corrected chi connectivity index (χ0v) is 5.93. The Morgan fingerprint density at radius 3 is 2.70 bits per heavy atom. The largest absolute Gasteiger partial charge is 0.371 e. The van der Waals surface area contributed by atoms with Gasteiger partial charge in [-0.25, -0.2) is 4.39 Å². The van der Waals surface area contributed by atoms with Crippen LogP contribution in [-0.2, 0) is 19.0 Å². The van der Waals surface area contributed by atoms with Crippen LogP contribution in [0, 0.1) is 0 Å². The highest BCUT2D eigenvalue weighted by molar-refractivity contribution is 7.86. The van der Waals surface area contributed by atoms with E-state index < -0.39 is 16.1 Å². The molecule has 10 heavy (non-hydrogen) atoms. The lowest BCUT2D eigenvalue weighted by molar-refractivity contribution is 0.261. The summed E-state index contributed by atoms with van der Waals surface area (Å²) in [6, 6.07) is -1.47. The van der Waals surface area contributed by atoms with Gasteiger partial charge >= 0.3 is 0 Å². The van der Waals surface area contributed by atoms with Crippen molar-refractivity contribution in [1.82, 2.24) is 0 Å². The standard InChI is InChI=1S/C4H7FO4S/c5-3-10(6,7)9-2-4-1-8-4/h4H,1-3H2. The first-order valence-electron chi connectivity index (χ1n) is 2.69. The fraction of sp³-hybridized carbons (Fsp3) is 1.00.